The van der Waals surface area contributed by atoms with Gasteiger partial charge in [-0.05, 0) is 31.0 Å². The van der Waals surface area contributed by atoms with Crippen LogP contribution in [0.25, 0.3) is 0 Å². The SMILES string of the molecule is CS(=O)(=O)c1ccccc1S(=O)(=O)NC1CCN(c2ncccn2)CC1. The number of hydrogen-bond acceptors (Lipinski definition) is 7. The molecular formula is C16H20N4O4S2. The van der Waals surface area contributed by atoms with Crippen molar-refractivity contribution in [3.63, 3.8) is 0 Å². The zero-order chi connectivity index (χ0) is 18.8. The summed E-state index contributed by atoms with van der Waals surface area (Å²) in [6.07, 6.45) is 5.50. The quantitative estimate of drug-likeness (QED) is 0.797. The Morgan fingerprint density at radius 3 is 2.12 bits per heavy atom. The van der Waals surface area contributed by atoms with Crippen molar-refractivity contribution in [1.29, 1.82) is 0 Å². The van der Waals surface area contributed by atoms with Gasteiger partial charge in [-0.1, -0.05) is 12.1 Å². The highest BCUT2D eigenvalue weighted by atomic mass is 32.2. The second-order valence-corrected chi connectivity index (χ2v) is 9.82. The minimum atomic E-state index is -3.93. The van der Waals surface area contributed by atoms with E-state index in [0.717, 1.165) is 6.26 Å². The van der Waals surface area contributed by atoms with Gasteiger partial charge in [0.25, 0.3) is 0 Å². The predicted molar refractivity (Wildman–Crippen MR) is 97.1 cm³/mol. The van der Waals surface area contributed by atoms with Gasteiger partial charge in [0.05, 0.1) is 4.90 Å². The smallest absolute Gasteiger partial charge is 0.242 e. The maximum absolute atomic E-state index is 12.7. The molecule has 1 fully saturated rings. The summed E-state index contributed by atoms with van der Waals surface area (Å²) >= 11 is 0. The number of hydrogen-bond donors (Lipinski definition) is 1. The van der Waals surface area contributed by atoms with Crippen molar-refractivity contribution in [3.8, 4) is 0 Å². The molecular weight excluding hydrogens is 376 g/mol. The molecule has 0 saturated carbocycles. The average Bonchev–Trinajstić information content (AvgIpc) is 2.62. The van der Waals surface area contributed by atoms with Crippen LogP contribution < -0.4 is 9.62 Å². The van der Waals surface area contributed by atoms with E-state index in [4.69, 9.17) is 0 Å². The van der Waals surface area contributed by atoms with E-state index in [-0.39, 0.29) is 15.8 Å². The molecule has 10 heteroatoms. The Bertz CT molecular complexity index is 970. The maximum Gasteiger partial charge on any atom is 0.242 e. The van der Waals surface area contributed by atoms with Crippen LogP contribution in [0.15, 0.2) is 52.5 Å². The minimum Gasteiger partial charge on any atom is -0.341 e. The van der Waals surface area contributed by atoms with Crippen LogP contribution in [0.2, 0.25) is 0 Å². The third kappa shape index (κ3) is 4.19. The molecule has 1 aliphatic heterocycles. The lowest BCUT2D eigenvalue weighted by Crippen LogP contribution is -2.45. The summed E-state index contributed by atoms with van der Waals surface area (Å²) in [5.74, 6) is 0.622. The molecule has 26 heavy (non-hydrogen) atoms. The highest BCUT2D eigenvalue weighted by Gasteiger charge is 2.28. The molecule has 3 rings (SSSR count). The molecule has 0 bridgehead atoms. The number of piperidine rings is 1. The molecule has 2 heterocycles. The van der Waals surface area contributed by atoms with Gasteiger partial charge in [0.2, 0.25) is 16.0 Å². The Morgan fingerprint density at radius 2 is 1.54 bits per heavy atom. The number of sulfone groups is 1. The first-order valence-electron chi connectivity index (χ1n) is 8.11. The van der Waals surface area contributed by atoms with Gasteiger partial charge in [-0.25, -0.2) is 31.5 Å². The number of sulfonamides is 1. The van der Waals surface area contributed by atoms with Gasteiger partial charge < -0.3 is 4.90 Å². The Morgan fingerprint density at radius 1 is 0.962 bits per heavy atom. The minimum absolute atomic E-state index is 0.192. The van der Waals surface area contributed by atoms with Crippen molar-refractivity contribution in [2.75, 3.05) is 24.2 Å². The van der Waals surface area contributed by atoms with Gasteiger partial charge in [-0.2, -0.15) is 0 Å². The Labute approximate surface area is 153 Å². The topological polar surface area (TPSA) is 109 Å². The van der Waals surface area contributed by atoms with Crippen LogP contribution in [0.5, 0.6) is 0 Å². The molecule has 0 atom stereocenters. The van der Waals surface area contributed by atoms with E-state index in [1.54, 1.807) is 18.5 Å². The van der Waals surface area contributed by atoms with E-state index < -0.39 is 19.9 Å². The van der Waals surface area contributed by atoms with Crippen LogP contribution in [0, 0.1) is 0 Å². The zero-order valence-electron chi connectivity index (χ0n) is 14.2. The van der Waals surface area contributed by atoms with Crippen LogP contribution >= 0.6 is 0 Å². The van der Waals surface area contributed by atoms with Gasteiger partial charge in [0, 0.05) is 37.8 Å². The van der Waals surface area contributed by atoms with Crippen molar-refractivity contribution in [2.45, 2.75) is 28.7 Å². The largest absolute Gasteiger partial charge is 0.341 e. The second kappa shape index (κ2) is 7.29. The van der Waals surface area contributed by atoms with Crippen LogP contribution in [-0.4, -0.2) is 52.2 Å². The average molecular weight is 396 g/mol. The molecule has 1 N–H and O–H groups in total. The lowest BCUT2D eigenvalue weighted by atomic mass is 10.1. The highest BCUT2D eigenvalue weighted by Crippen LogP contribution is 2.22. The number of benzene rings is 1. The van der Waals surface area contributed by atoms with E-state index in [2.05, 4.69) is 14.7 Å². The molecule has 0 spiro atoms. The van der Waals surface area contributed by atoms with Crippen LogP contribution in [0.3, 0.4) is 0 Å². The van der Waals surface area contributed by atoms with Crippen molar-refractivity contribution in [1.82, 2.24) is 14.7 Å². The highest BCUT2D eigenvalue weighted by molar-refractivity contribution is 7.93. The van der Waals surface area contributed by atoms with Crippen LogP contribution in [0.1, 0.15) is 12.8 Å². The molecule has 1 aliphatic rings. The summed E-state index contributed by atoms with van der Waals surface area (Å²) in [6.45, 7) is 1.23. The van der Waals surface area contributed by atoms with Gasteiger partial charge in [-0.15, -0.1) is 0 Å². The Balaban J connectivity index is 1.72. The maximum atomic E-state index is 12.7. The molecule has 1 aromatic carbocycles. The third-order valence-corrected chi connectivity index (χ3v) is 7.05. The zero-order valence-corrected chi connectivity index (χ0v) is 15.9. The van der Waals surface area contributed by atoms with Gasteiger partial charge in [-0.3, -0.25) is 0 Å². The Kier molecular flexibility index (Phi) is 5.26. The summed E-state index contributed by atoms with van der Waals surface area (Å²) in [7, 11) is -7.58. The molecule has 0 amide bonds. The summed E-state index contributed by atoms with van der Waals surface area (Å²) in [5.41, 5.74) is 0. The first-order valence-corrected chi connectivity index (χ1v) is 11.5. The first-order chi connectivity index (χ1) is 12.3. The molecule has 140 valence electrons. The monoisotopic (exact) mass is 396 g/mol. The van der Waals surface area contributed by atoms with Crippen LogP contribution in [0.4, 0.5) is 5.95 Å². The normalized spacial score (nSPS) is 16.6. The lowest BCUT2D eigenvalue weighted by Gasteiger charge is -2.32. The van der Waals surface area contributed by atoms with Crippen molar-refractivity contribution >= 4 is 25.8 Å². The summed E-state index contributed by atoms with van der Waals surface area (Å²) in [6, 6.07) is 7.11. The fraction of sp³-hybridized carbons (Fsp3) is 0.375. The molecule has 8 nitrogen and oxygen atoms in total. The van der Waals surface area contributed by atoms with Gasteiger partial charge in [0.1, 0.15) is 4.90 Å². The molecule has 1 saturated heterocycles. The van der Waals surface area contributed by atoms with Crippen molar-refractivity contribution in [3.05, 3.63) is 42.7 Å². The fourth-order valence-corrected chi connectivity index (χ4v) is 5.85. The Hall–Kier alpha value is -2.04. The fourth-order valence-electron chi connectivity index (χ4n) is 2.91. The van der Waals surface area contributed by atoms with E-state index in [1.165, 1.54) is 24.3 Å². The predicted octanol–water partition coefficient (Wildman–Crippen LogP) is 0.827. The molecule has 0 aliphatic carbocycles. The number of anilines is 1. The van der Waals surface area contributed by atoms with E-state index in [1.807, 2.05) is 4.90 Å². The lowest BCUT2D eigenvalue weighted by molar-refractivity contribution is 0.455. The van der Waals surface area contributed by atoms with E-state index >= 15 is 0 Å². The second-order valence-electron chi connectivity index (χ2n) is 6.15. The molecule has 2 aromatic rings. The van der Waals surface area contributed by atoms with E-state index in [9.17, 15) is 16.8 Å². The van der Waals surface area contributed by atoms with Gasteiger partial charge in [0.15, 0.2) is 9.84 Å². The summed E-state index contributed by atoms with van der Waals surface area (Å²) in [5, 5.41) is 0. The van der Waals surface area contributed by atoms with Crippen molar-refractivity contribution < 1.29 is 16.8 Å². The van der Waals surface area contributed by atoms with Crippen LogP contribution in [-0.2, 0) is 19.9 Å². The van der Waals surface area contributed by atoms with Crippen molar-refractivity contribution in [2.24, 2.45) is 0 Å². The summed E-state index contributed by atoms with van der Waals surface area (Å²) < 4.78 is 51.8. The standard InChI is InChI=1S/C16H20N4O4S2/c1-25(21,22)14-5-2-3-6-15(14)26(23,24)19-13-7-11-20(12-8-13)16-17-9-4-10-18-16/h2-6,9-10,13,19H,7-8,11-12H2,1H3. The molecule has 1 aromatic heterocycles. The summed E-state index contributed by atoms with van der Waals surface area (Å²) in [4.78, 5) is 9.99. The number of aromatic nitrogens is 2. The first kappa shape index (κ1) is 18.7. The molecule has 0 unspecified atom stereocenters. The number of nitrogens with one attached hydrogen (secondary N) is 1. The van der Waals surface area contributed by atoms with E-state index in [0.29, 0.717) is 31.9 Å². The molecule has 0 radical (unpaired) electrons. The number of rotatable bonds is 5. The van der Waals surface area contributed by atoms with Gasteiger partial charge >= 0.3 is 0 Å². The third-order valence-electron chi connectivity index (χ3n) is 4.19. The number of nitrogens with zero attached hydrogens (tertiary/aromatic N) is 3.